The minimum atomic E-state index is -0.178. The molecular weight excluding hydrogens is 302 g/mol. The van der Waals surface area contributed by atoms with Gasteiger partial charge in [0.15, 0.2) is 11.5 Å². The summed E-state index contributed by atoms with van der Waals surface area (Å²) in [7, 11) is 0. The fourth-order valence-electron chi connectivity index (χ4n) is 2.64. The van der Waals surface area contributed by atoms with Crippen LogP contribution in [-0.4, -0.2) is 12.7 Å². The molecule has 0 atom stereocenters. The summed E-state index contributed by atoms with van der Waals surface area (Å²) in [6.07, 6.45) is 3.26. The number of nitrogens with one attached hydrogen (secondary N) is 1. The fraction of sp³-hybridized carbons (Fsp3) is 0.0500. The van der Waals surface area contributed by atoms with Crippen LogP contribution in [0.15, 0.2) is 66.7 Å². The number of anilines is 1. The van der Waals surface area contributed by atoms with Gasteiger partial charge in [0.05, 0.1) is 0 Å². The standard InChI is InChI=1S/C20H15NO3/c22-20(10-6-14-5-9-18-19(11-14)24-13-23-18)21-17-8-7-15-3-1-2-4-16(15)12-17/h1-12H,13H2,(H,21,22). The van der Waals surface area contributed by atoms with E-state index in [1.807, 2.05) is 60.7 Å². The van der Waals surface area contributed by atoms with E-state index in [1.54, 1.807) is 6.08 Å². The maximum absolute atomic E-state index is 12.1. The lowest BCUT2D eigenvalue weighted by Gasteiger charge is -2.04. The molecule has 0 bridgehead atoms. The zero-order chi connectivity index (χ0) is 16.4. The van der Waals surface area contributed by atoms with E-state index in [0.29, 0.717) is 5.75 Å². The Kier molecular flexibility index (Phi) is 3.63. The largest absolute Gasteiger partial charge is 0.454 e. The summed E-state index contributed by atoms with van der Waals surface area (Å²) >= 11 is 0. The molecule has 0 unspecified atom stereocenters. The van der Waals surface area contributed by atoms with Crippen molar-refractivity contribution in [3.05, 3.63) is 72.3 Å². The van der Waals surface area contributed by atoms with E-state index in [-0.39, 0.29) is 12.7 Å². The van der Waals surface area contributed by atoms with Crippen LogP contribution >= 0.6 is 0 Å². The maximum Gasteiger partial charge on any atom is 0.248 e. The lowest BCUT2D eigenvalue weighted by Crippen LogP contribution is -2.07. The Morgan fingerprint density at radius 1 is 0.917 bits per heavy atom. The smallest absolute Gasteiger partial charge is 0.248 e. The number of fused-ring (bicyclic) bond motifs is 2. The zero-order valence-corrected chi connectivity index (χ0v) is 12.9. The van der Waals surface area contributed by atoms with Crippen molar-refractivity contribution in [2.24, 2.45) is 0 Å². The minimum absolute atomic E-state index is 0.178. The molecule has 0 saturated carbocycles. The second-order valence-electron chi connectivity index (χ2n) is 5.50. The topological polar surface area (TPSA) is 47.6 Å². The molecule has 4 heteroatoms. The van der Waals surface area contributed by atoms with Gasteiger partial charge in [-0.05, 0) is 46.7 Å². The molecule has 24 heavy (non-hydrogen) atoms. The van der Waals surface area contributed by atoms with Crippen molar-refractivity contribution < 1.29 is 14.3 Å². The van der Waals surface area contributed by atoms with Gasteiger partial charge in [-0.2, -0.15) is 0 Å². The molecule has 0 saturated heterocycles. The average molecular weight is 317 g/mol. The number of carbonyl (C=O) groups excluding carboxylic acids is 1. The molecular formula is C20H15NO3. The predicted molar refractivity (Wildman–Crippen MR) is 94.2 cm³/mol. The van der Waals surface area contributed by atoms with Crippen LogP contribution in [-0.2, 0) is 4.79 Å². The van der Waals surface area contributed by atoms with E-state index in [4.69, 9.17) is 9.47 Å². The average Bonchev–Trinajstić information content (AvgIpc) is 3.07. The van der Waals surface area contributed by atoms with Gasteiger partial charge in [-0.1, -0.05) is 36.4 Å². The first-order valence-electron chi connectivity index (χ1n) is 7.65. The molecule has 1 N–H and O–H groups in total. The van der Waals surface area contributed by atoms with Gasteiger partial charge in [-0.25, -0.2) is 0 Å². The van der Waals surface area contributed by atoms with Crippen molar-refractivity contribution in [1.82, 2.24) is 0 Å². The molecule has 0 fully saturated rings. The van der Waals surface area contributed by atoms with Gasteiger partial charge in [0, 0.05) is 11.8 Å². The molecule has 0 aliphatic carbocycles. The third-order valence-corrected chi connectivity index (χ3v) is 3.84. The van der Waals surface area contributed by atoms with Crippen molar-refractivity contribution in [1.29, 1.82) is 0 Å². The lowest BCUT2D eigenvalue weighted by molar-refractivity contribution is -0.111. The first-order valence-corrected chi connectivity index (χ1v) is 7.65. The zero-order valence-electron chi connectivity index (χ0n) is 12.9. The maximum atomic E-state index is 12.1. The normalized spacial score (nSPS) is 12.7. The van der Waals surface area contributed by atoms with Crippen LogP contribution in [0.2, 0.25) is 0 Å². The van der Waals surface area contributed by atoms with Gasteiger partial charge in [-0.15, -0.1) is 0 Å². The second kappa shape index (κ2) is 6.08. The molecule has 0 spiro atoms. The summed E-state index contributed by atoms with van der Waals surface area (Å²) in [5.74, 6) is 1.25. The third kappa shape index (κ3) is 2.94. The summed E-state index contributed by atoms with van der Waals surface area (Å²) in [5.41, 5.74) is 1.65. The molecule has 1 amide bonds. The Labute approximate surface area is 139 Å². The highest BCUT2D eigenvalue weighted by molar-refractivity contribution is 6.03. The number of rotatable bonds is 3. The van der Waals surface area contributed by atoms with Crippen LogP contribution in [0.1, 0.15) is 5.56 Å². The molecule has 4 rings (SSSR count). The Hall–Kier alpha value is -3.27. The molecule has 3 aromatic carbocycles. The van der Waals surface area contributed by atoms with Crippen molar-refractivity contribution in [2.75, 3.05) is 12.1 Å². The summed E-state index contributed by atoms with van der Waals surface area (Å²) in [6.45, 7) is 0.241. The number of carbonyl (C=O) groups is 1. The van der Waals surface area contributed by atoms with Gasteiger partial charge in [0.1, 0.15) is 0 Å². The van der Waals surface area contributed by atoms with Crippen LogP contribution in [0, 0.1) is 0 Å². The molecule has 1 heterocycles. The minimum Gasteiger partial charge on any atom is -0.454 e. The Morgan fingerprint density at radius 3 is 2.67 bits per heavy atom. The summed E-state index contributed by atoms with van der Waals surface area (Å²) in [6, 6.07) is 19.5. The van der Waals surface area contributed by atoms with Crippen molar-refractivity contribution >= 4 is 28.4 Å². The Bertz CT molecular complexity index is 947. The Morgan fingerprint density at radius 2 is 1.75 bits per heavy atom. The van der Waals surface area contributed by atoms with Crippen LogP contribution < -0.4 is 14.8 Å². The highest BCUT2D eigenvalue weighted by atomic mass is 16.7. The highest BCUT2D eigenvalue weighted by Gasteiger charge is 2.12. The van der Waals surface area contributed by atoms with Crippen LogP contribution in [0.5, 0.6) is 11.5 Å². The summed E-state index contributed by atoms with van der Waals surface area (Å²) < 4.78 is 10.6. The molecule has 4 nitrogen and oxygen atoms in total. The first-order chi connectivity index (χ1) is 11.8. The van der Waals surface area contributed by atoms with E-state index >= 15 is 0 Å². The molecule has 3 aromatic rings. The van der Waals surface area contributed by atoms with Crippen molar-refractivity contribution in [3.63, 3.8) is 0 Å². The van der Waals surface area contributed by atoms with E-state index < -0.39 is 0 Å². The number of amides is 1. The first kappa shape index (κ1) is 14.3. The van der Waals surface area contributed by atoms with Crippen LogP contribution in [0.25, 0.3) is 16.8 Å². The molecule has 1 aliphatic rings. The predicted octanol–water partition coefficient (Wildman–Crippen LogP) is 4.22. The second-order valence-corrected chi connectivity index (χ2v) is 5.50. The van der Waals surface area contributed by atoms with Crippen LogP contribution in [0.3, 0.4) is 0 Å². The third-order valence-electron chi connectivity index (χ3n) is 3.84. The number of hydrogen-bond acceptors (Lipinski definition) is 3. The van der Waals surface area contributed by atoms with Crippen molar-refractivity contribution in [2.45, 2.75) is 0 Å². The fourth-order valence-corrected chi connectivity index (χ4v) is 2.64. The Balaban J connectivity index is 1.47. The monoisotopic (exact) mass is 317 g/mol. The van der Waals surface area contributed by atoms with Gasteiger partial charge in [0.25, 0.3) is 0 Å². The van der Waals surface area contributed by atoms with E-state index in [2.05, 4.69) is 5.32 Å². The lowest BCUT2D eigenvalue weighted by atomic mass is 10.1. The van der Waals surface area contributed by atoms with Gasteiger partial charge < -0.3 is 14.8 Å². The molecule has 1 aliphatic heterocycles. The quantitative estimate of drug-likeness (QED) is 0.736. The SMILES string of the molecule is O=C(C=Cc1ccc2c(c1)OCO2)Nc1ccc2ccccc2c1. The van der Waals surface area contributed by atoms with Gasteiger partial charge in [-0.3, -0.25) is 4.79 Å². The van der Waals surface area contributed by atoms with E-state index in [1.165, 1.54) is 6.08 Å². The number of ether oxygens (including phenoxy) is 2. The molecule has 118 valence electrons. The van der Waals surface area contributed by atoms with Crippen LogP contribution in [0.4, 0.5) is 5.69 Å². The van der Waals surface area contributed by atoms with E-state index in [9.17, 15) is 4.79 Å². The number of benzene rings is 3. The number of hydrogen-bond donors (Lipinski definition) is 1. The van der Waals surface area contributed by atoms with Crippen molar-refractivity contribution in [3.8, 4) is 11.5 Å². The molecule has 0 radical (unpaired) electrons. The summed E-state index contributed by atoms with van der Waals surface area (Å²) in [4.78, 5) is 12.1. The van der Waals surface area contributed by atoms with Gasteiger partial charge in [0.2, 0.25) is 12.7 Å². The molecule has 0 aromatic heterocycles. The van der Waals surface area contributed by atoms with Gasteiger partial charge >= 0.3 is 0 Å². The summed E-state index contributed by atoms with van der Waals surface area (Å²) in [5, 5.41) is 5.11. The highest BCUT2D eigenvalue weighted by Crippen LogP contribution is 2.32. The van der Waals surface area contributed by atoms with E-state index in [0.717, 1.165) is 27.8 Å².